The SMILES string of the molecule is COc1ccc(C(=O)NC(=S)Nc2ccc(N3CCN(C(=O)C(C)(C)C)CC3)cc2)cc1[N+](=O)[O-]. The molecule has 2 N–H and O–H groups in total. The fourth-order valence-electron chi connectivity index (χ4n) is 3.71. The number of methoxy groups -OCH3 is 1. The van der Waals surface area contributed by atoms with Crippen molar-refractivity contribution in [3.05, 3.63) is 58.1 Å². The molecule has 1 saturated heterocycles. The summed E-state index contributed by atoms with van der Waals surface area (Å²) in [4.78, 5) is 39.6. The summed E-state index contributed by atoms with van der Waals surface area (Å²) in [6, 6.07) is 11.5. The highest BCUT2D eigenvalue weighted by Crippen LogP contribution is 2.27. The van der Waals surface area contributed by atoms with Crippen LogP contribution in [0.5, 0.6) is 5.75 Å². The highest BCUT2D eigenvalue weighted by atomic mass is 32.1. The predicted molar refractivity (Wildman–Crippen MR) is 138 cm³/mol. The molecule has 2 amide bonds. The first-order valence-corrected chi connectivity index (χ1v) is 11.5. The Balaban J connectivity index is 1.55. The largest absolute Gasteiger partial charge is 0.490 e. The molecule has 1 aliphatic heterocycles. The van der Waals surface area contributed by atoms with Crippen molar-refractivity contribution in [1.82, 2.24) is 10.2 Å². The Kier molecular flexibility index (Phi) is 7.90. The van der Waals surface area contributed by atoms with E-state index in [1.807, 2.05) is 49.9 Å². The number of hydrogen-bond acceptors (Lipinski definition) is 7. The van der Waals surface area contributed by atoms with Gasteiger partial charge in [0.25, 0.3) is 5.91 Å². The molecule has 3 rings (SSSR count). The van der Waals surface area contributed by atoms with E-state index in [-0.39, 0.29) is 33.4 Å². The van der Waals surface area contributed by atoms with E-state index in [4.69, 9.17) is 17.0 Å². The zero-order valence-corrected chi connectivity index (χ0v) is 21.0. The number of anilines is 2. The summed E-state index contributed by atoms with van der Waals surface area (Å²) in [5, 5.41) is 16.7. The van der Waals surface area contributed by atoms with Crippen molar-refractivity contribution >= 4 is 46.2 Å². The van der Waals surface area contributed by atoms with Crippen LogP contribution < -0.4 is 20.3 Å². The van der Waals surface area contributed by atoms with Gasteiger partial charge in [-0.3, -0.25) is 25.0 Å². The lowest BCUT2D eigenvalue weighted by atomic mass is 9.94. The summed E-state index contributed by atoms with van der Waals surface area (Å²) >= 11 is 5.22. The average molecular weight is 500 g/mol. The first-order chi connectivity index (χ1) is 16.5. The lowest BCUT2D eigenvalue weighted by Crippen LogP contribution is -2.51. The molecule has 0 saturated carbocycles. The zero-order valence-electron chi connectivity index (χ0n) is 20.2. The van der Waals surface area contributed by atoms with Crippen molar-refractivity contribution in [1.29, 1.82) is 0 Å². The van der Waals surface area contributed by atoms with Gasteiger partial charge in [-0.05, 0) is 48.6 Å². The Hall–Kier alpha value is -3.73. The van der Waals surface area contributed by atoms with E-state index in [1.54, 1.807) is 0 Å². The van der Waals surface area contributed by atoms with Gasteiger partial charge in [-0.2, -0.15) is 0 Å². The second-order valence-electron chi connectivity index (χ2n) is 9.13. The fraction of sp³-hybridized carbons (Fsp3) is 0.375. The Bertz CT molecular complexity index is 1120. The molecule has 1 aliphatic rings. The van der Waals surface area contributed by atoms with Crippen molar-refractivity contribution < 1.29 is 19.2 Å². The topological polar surface area (TPSA) is 117 Å². The van der Waals surface area contributed by atoms with E-state index in [2.05, 4.69) is 15.5 Å². The minimum absolute atomic E-state index is 0.0644. The van der Waals surface area contributed by atoms with E-state index < -0.39 is 10.8 Å². The van der Waals surface area contributed by atoms with E-state index in [1.165, 1.54) is 19.2 Å². The number of piperazine rings is 1. The molecule has 0 spiro atoms. The normalized spacial score (nSPS) is 13.7. The minimum Gasteiger partial charge on any atom is -0.490 e. The number of ether oxygens (including phenoxy) is 1. The van der Waals surface area contributed by atoms with Crippen LogP contribution in [0, 0.1) is 15.5 Å². The van der Waals surface area contributed by atoms with Gasteiger partial charge in [0.2, 0.25) is 5.91 Å². The van der Waals surface area contributed by atoms with E-state index in [0.717, 1.165) is 24.8 Å². The van der Waals surface area contributed by atoms with Gasteiger partial charge in [0.05, 0.1) is 12.0 Å². The standard InChI is InChI=1S/C24H29N5O5S/c1-24(2,3)22(31)28-13-11-27(12-14-28)18-8-6-17(7-9-18)25-23(35)26-21(30)16-5-10-20(34-4)19(15-16)29(32)33/h5-10,15H,11-14H2,1-4H3,(H2,25,26,30,35). The Labute approximate surface area is 209 Å². The van der Waals surface area contributed by atoms with Crippen molar-refractivity contribution in [2.24, 2.45) is 5.41 Å². The van der Waals surface area contributed by atoms with Gasteiger partial charge in [-0.1, -0.05) is 20.8 Å². The van der Waals surface area contributed by atoms with Crippen LogP contribution in [0.3, 0.4) is 0 Å². The van der Waals surface area contributed by atoms with E-state index in [0.29, 0.717) is 18.8 Å². The maximum Gasteiger partial charge on any atom is 0.311 e. The molecule has 0 aromatic heterocycles. The highest BCUT2D eigenvalue weighted by molar-refractivity contribution is 7.80. The number of hydrogen-bond donors (Lipinski definition) is 2. The summed E-state index contributed by atoms with van der Waals surface area (Å²) < 4.78 is 4.95. The van der Waals surface area contributed by atoms with Crippen molar-refractivity contribution in [3.63, 3.8) is 0 Å². The second-order valence-corrected chi connectivity index (χ2v) is 9.54. The lowest BCUT2D eigenvalue weighted by Gasteiger charge is -2.38. The van der Waals surface area contributed by atoms with Crippen LogP contribution in [-0.4, -0.2) is 60.0 Å². The number of amides is 2. The molecule has 2 aromatic carbocycles. The molecule has 11 heteroatoms. The molecule has 0 bridgehead atoms. The molecule has 0 atom stereocenters. The van der Waals surface area contributed by atoms with Gasteiger partial charge >= 0.3 is 5.69 Å². The summed E-state index contributed by atoms with van der Waals surface area (Å²) in [5.74, 6) is -0.349. The van der Waals surface area contributed by atoms with Crippen molar-refractivity contribution in [2.75, 3.05) is 43.5 Å². The molecule has 35 heavy (non-hydrogen) atoms. The molecular weight excluding hydrogens is 470 g/mol. The third kappa shape index (κ3) is 6.44. The number of rotatable bonds is 5. The van der Waals surface area contributed by atoms with Crippen LogP contribution in [0.25, 0.3) is 0 Å². The average Bonchev–Trinajstić information content (AvgIpc) is 2.83. The van der Waals surface area contributed by atoms with Gasteiger partial charge < -0.3 is 19.9 Å². The van der Waals surface area contributed by atoms with Crippen LogP contribution in [0.15, 0.2) is 42.5 Å². The highest BCUT2D eigenvalue weighted by Gasteiger charge is 2.29. The maximum atomic E-state index is 12.5. The van der Waals surface area contributed by atoms with E-state index in [9.17, 15) is 19.7 Å². The molecule has 2 aromatic rings. The smallest absolute Gasteiger partial charge is 0.311 e. The quantitative estimate of drug-likeness (QED) is 0.365. The number of carbonyl (C=O) groups is 2. The maximum absolute atomic E-state index is 12.5. The Morgan fingerprint density at radius 2 is 1.69 bits per heavy atom. The van der Waals surface area contributed by atoms with E-state index >= 15 is 0 Å². The number of nitro benzene ring substituents is 1. The summed E-state index contributed by atoms with van der Waals surface area (Å²) in [6.45, 7) is 8.64. The van der Waals surface area contributed by atoms with Crippen LogP contribution in [0.4, 0.5) is 17.1 Å². The number of nitrogens with zero attached hydrogens (tertiary/aromatic N) is 3. The van der Waals surface area contributed by atoms with Gasteiger partial charge in [-0.15, -0.1) is 0 Å². The summed E-state index contributed by atoms with van der Waals surface area (Å²) in [6.07, 6.45) is 0. The number of nitro groups is 1. The monoisotopic (exact) mass is 499 g/mol. The third-order valence-corrected chi connectivity index (χ3v) is 5.77. The first-order valence-electron chi connectivity index (χ1n) is 11.1. The predicted octanol–water partition coefficient (Wildman–Crippen LogP) is 3.42. The number of carbonyl (C=O) groups excluding carboxylic acids is 2. The van der Waals surface area contributed by atoms with Crippen LogP contribution in [0.2, 0.25) is 0 Å². The Morgan fingerprint density at radius 3 is 2.23 bits per heavy atom. The number of benzene rings is 2. The van der Waals surface area contributed by atoms with Crippen molar-refractivity contribution in [2.45, 2.75) is 20.8 Å². The zero-order chi connectivity index (χ0) is 25.8. The number of thiocarbonyl (C=S) groups is 1. The molecule has 1 heterocycles. The molecule has 10 nitrogen and oxygen atoms in total. The van der Waals surface area contributed by atoms with Crippen LogP contribution >= 0.6 is 12.2 Å². The minimum atomic E-state index is -0.615. The lowest BCUT2D eigenvalue weighted by molar-refractivity contribution is -0.385. The summed E-state index contributed by atoms with van der Waals surface area (Å²) in [5.41, 5.74) is 1.10. The molecular formula is C24H29N5O5S. The third-order valence-electron chi connectivity index (χ3n) is 5.56. The molecule has 0 aliphatic carbocycles. The first kappa shape index (κ1) is 25.9. The van der Waals surface area contributed by atoms with Gasteiger partial charge in [0.15, 0.2) is 10.9 Å². The second kappa shape index (κ2) is 10.7. The molecule has 1 fully saturated rings. The fourth-order valence-corrected chi connectivity index (χ4v) is 3.92. The van der Waals surface area contributed by atoms with Crippen LogP contribution in [-0.2, 0) is 4.79 Å². The van der Waals surface area contributed by atoms with Crippen molar-refractivity contribution in [3.8, 4) is 5.75 Å². The molecule has 0 radical (unpaired) electrons. The van der Waals surface area contributed by atoms with Gasteiger partial charge in [0.1, 0.15) is 0 Å². The van der Waals surface area contributed by atoms with Gasteiger partial charge in [-0.25, -0.2) is 0 Å². The summed E-state index contributed by atoms with van der Waals surface area (Å²) in [7, 11) is 1.32. The molecule has 186 valence electrons. The van der Waals surface area contributed by atoms with Gasteiger partial charge in [0, 0.05) is 54.6 Å². The van der Waals surface area contributed by atoms with Crippen LogP contribution in [0.1, 0.15) is 31.1 Å². The number of nitrogens with one attached hydrogen (secondary N) is 2. The molecule has 0 unspecified atom stereocenters. The Morgan fingerprint density at radius 1 is 1.06 bits per heavy atom.